The first-order valence-electron chi connectivity index (χ1n) is 21.1. The Labute approximate surface area is 319 Å². The summed E-state index contributed by atoms with van der Waals surface area (Å²) < 4.78 is 0. The molecule has 4 rings (SSSR count). The second-order valence-corrected chi connectivity index (χ2v) is 17.1. The monoisotopic (exact) mass is 735 g/mol. The summed E-state index contributed by atoms with van der Waals surface area (Å²) in [4.78, 5) is 39.5. The molecule has 4 heterocycles. The van der Waals surface area contributed by atoms with Crippen molar-refractivity contribution in [3.63, 3.8) is 0 Å². The Bertz CT molecular complexity index is 1350. The molecule has 0 radical (unpaired) electrons. The summed E-state index contributed by atoms with van der Waals surface area (Å²) in [5.41, 5.74) is 2.86. The van der Waals surface area contributed by atoms with Gasteiger partial charge in [-0.2, -0.15) is 0 Å². The van der Waals surface area contributed by atoms with Crippen LogP contribution in [0.3, 0.4) is 0 Å². The van der Waals surface area contributed by atoms with Crippen molar-refractivity contribution in [2.45, 2.75) is 175 Å². The number of carbonyl (C=O) groups is 2. The molecule has 0 aromatic carbocycles. The number of aromatic nitrogens is 1. The lowest BCUT2D eigenvalue weighted by molar-refractivity contribution is -0.124. The van der Waals surface area contributed by atoms with Crippen LogP contribution in [0.4, 0.5) is 0 Å². The average Bonchev–Trinajstić information content (AvgIpc) is 3.95. The van der Waals surface area contributed by atoms with Gasteiger partial charge in [0.15, 0.2) is 0 Å². The highest BCUT2D eigenvalue weighted by molar-refractivity contribution is 7.11. The first-order chi connectivity index (χ1) is 25.0. The molecule has 0 N–H and O–H groups in total. The van der Waals surface area contributed by atoms with E-state index in [9.17, 15) is 9.59 Å². The number of hydrogen-bond donors (Lipinski definition) is 0. The Morgan fingerprint density at radius 1 is 0.549 bits per heavy atom. The Kier molecular flexibility index (Phi) is 19.1. The van der Waals surface area contributed by atoms with E-state index >= 15 is 0 Å². The van der Waals surface area contributed by atoms with Crippen LogP contribution in [0.2, 0.25) is 0 Å². The predicted octanol–water partition coefficient (Wildman–Crippen LogP) is 13.3. The molecule has 2 aliphatic rings. The van der Waals surface area contributed by atoms with Gasteiger partial charge in [0, 0.05) is 24.7 Å². The van der Waals surface area contributed by atoms with E-state index in [1.54, 1.807) is 22.7 Å². The third-order valence-electron chi connectivity index (χ3n) is 11.1. The Balaban J connectivity index is 1.63. The summed E-state index contributed by atoms with van der Waals surface area (Å²) in [5, 5.41) is 4.85. The number of hydrogen-bond acceptors (Lipinski definition) is 5. The van der Waals surface area contributed by atoms with Gasteiger partial charge in [0.25, 0.3) is 11.8 Å². The summed E-state index contributed by atoms with van der Waals surface area (Å²) in [5.74, 6) is 0.868. The lowest BCUT2D eigenvalue weighted by Crippen LogP contribution is -2.34. The summed E-state index contributed by atoms with van der Waals surface area (Å²) in [7, 11) is 0. The van der Waals surface area contributed by atoms with Gasteiger partial charge in [-0.3, -0.25) is 9.59 Å². The molecule has 2 amide bonds. The second kappa shape index (κ2) is 23.4. The molecule has 0 aliphatic carbocycles. The Morgan fingerprint density at radius 3 is 1.45 bits per heavy atom. The first-order valence-corrected chi connectivity index (χ1v) is 22.9. The lowest BCUT2D eigenvalue weighted by atomic mass is 9.93. The fourth-order valence-corrected chi connectivity index (χ4v) is 9.60. The topological polar surface area (TPSA) is 53.5 Å². The van der Waals surface area contributed by atoms with Crippen LogP contribution >= 0.6 is 22.7 Å². The maximum absolute atomic E-state index is 14.9. The second-order valence-electron chi connectivity index (χ2n) is 15.3. The van der Waals surface area contributed by atoms with Crippen molar-refractivity contribution < 1.29 is 9.59 Å². The SMILES string of the molecule is CCCCCCCCC(CCCCC)CN1C(=O)C2=C(c3nccs3)N(CC(CCCCCC)CCCCCCCC)C(=O)C2=C1c1cccs1. The third-order valence-corrected chi connectivity index (χ3v) is 12.7. The van der Waals surface area contributed by atoms with Gasteiger partial charge in [-0.15, -0.1) is 22.7 Å². The standard InChI is InChI=1S/C44H69N3O2S2/c1-5-9-13-16-18-22-27-35(25-20-12-8-4)33-46-40(37-29-24-31-50-37)38-39(44(46)49)41(42-45-30-32-51-42)47(43(38)48)34-36(26-21-15-11-7-3)28-23-19-17-14-10-6-2/h24,29-32,35-36H,5-23,25-28,33-34H2,1-4H3. The molecular formula is C44H69N3O2S2. The van der Waals surface area contributed by atoms with E-state index in [1.165, 1.54) is 122 Å². The summed E-state index contributed by atoms with van der Waals surface area (Å²) in [6.07, 6.45) is 30.3. The minimum atomic E-state index is 0.00769. The van der Waals surface area contributed by atoms with Gasteiger partial charge in [-0.05, 0) is 49.0 Å². The predicted molar refractivity (Wildman–Crippen MR) is 220 cm³/mol. The molecule has 5 nitrogen and oxygen atoms in total. The van der Waals surface area contributed by atoms with Crippen LogP contribution in [0.1, 0.15) is 185 Å². The van der Waals surface area contributed by atoms with Crippen molar-refractivity contribution in [1.82, 2.24) is 14.8 Å². The van der Waals surface area contributed by atoms with Crippen LogP contribution in [0, 0.1) is 11.8 Å². The van der Waals surface area contributed by atoms with Gasteiger partial charge >= 0.3 is 0 Å². The third kappa shape index (κ3) is 12.1. The molecule has 0 saturated heterocycles. The van der Waals surface area contributed by atoms with Crippen LogP contribution < -0.4 is 0 Å². The Morgan fingerprint density at radius 2 is 0.980 bits per heavy atom. The van der Waals surface area contributed by atoms with Crippen molar-refractivity contribution in [3.8, 4) is 0 Å². The number of thiophene rings is 1. The highest BCUT2D eigenvalue weighted by Gasteiger charge is 2.50. The van der Waals surface area contributed by atoms with Crippen LogP contribution in [-0.4, -0.2) is 39.7 Å². The van der Waals surface area contributed by atoms with Gasteiger partial charge in [-0.25, -0.2) is 4.98 Å². The molecule has 2 aromatic rings. The minimum absolute atomic E-state index is 0.00769. The molecule has 2 unspecified atom stereocenters. The number of fused-ring (bicyclic) bond motifs is 1. The highest BCUT2D eigenvalue weighted by Crippen LogP contribution is 2.48. The zero-order chi connectivity index (χ0) is 36.3. The normalized spacial score (nSPS) is 15.9. The Hall–Kier alpha value is -2.25. The van der Waals surface area contributed by atoms with E-state index in [0.29, 0.717) is 36.1 Å². The fourth-order valence-electron chi connectivity index (χ4n) is 8.12. The number of rotatable bonds is 29. The lowest BCUT2D eigenvalue weighted by Gasteiger charge is -2.29. The number of thiazole rings is 1. The van der Waals surface area contributed by atoms with Crippen molar-refractivity contribution in [2.75, 3.05) is 13.1 Å². The van der Waals surface area contributed by atoms with E-state index in [0.717, 1.165) is 47.0 Å². The van der Waals surface area contributed by atoms with Crippen molar-refractivity contribution in [1.29, 1.82) is 0 Å². The molecule has 0 fully saturated rings. The molecule has 0 spiro atoms. The maximum Gasteiger partial charge on any atom is 0.261 e. The summed E-state index contributed by atoms with van der Waals surface area (Å²) >= 11 is 3.20. The van der Waals surface area contributed by atoms with E-state index in [1.807, 2.05) is 21.4 Å². The van der Waals surface area contributed by atoms with Crippen LogP contribution in [0.15, 0.2) is 40.2 Å². The molecule has 0 saturated carbocycles. The van der Waals surface area contributed by atoms with Crippen LogP contribution in [0.5, 0.6) is 0 Å². The number of carbonyl (C=O) groups excluding carboxylic acids is 2. The van der Waals surface area contributed by atoms with Gasteiger partial charge in [0.1, 0.15) is 5.01 Å². The molecule has 2 atom stereocenters. The van der Waals surface area contributed by atoms with E-state index in [2.05, 4.69) is 45.2 Å². The van der Waals surface area contributed by atoms with Gasteiger partial charge < -0.3 is 9.80 Å². The summed E-state index contributed by atoms with van der Waals surface area (Å²) in [6.45, 7) is 10.4. The van der Waals surface area contributed by atoms with E-state index < -0.39 is 0 Å². The minimum Gasteiger partial charge on any atom is -0.306 e. The zero-order valence-corrected chi connectivity index (χ0v) is 34.3. The first kappa shape index (κ1) is 41.5. The number of unbranched alkanes of at least 4 members (excludes halogenated alkanes) is 15. The summed E-state index contributed by atoms with van der Waals surface area (Å²) in [6, 6.07) is 4.16. The molecule has 7 heteroatoms. The van der Waals surface area contributed by atoms with Crippen LogP contribution in [-0.2, 0) is 9.59 Å². The van der Waals surface area contributed by atoms with Gasteiger partial charge in [0.05, 0.1) is 27.4 Å². The zero-order valence-electron chi connectivity index (χ0n) is 32.7. The molecule has 284 valence electrons. The number of nitrogens with zero attached hydrogens (tertiary/aromatic N) is 3. The van der Waals surface area contributed by atoms with E-state index in [-0.39, 0.29) is 11.8 Å². The molecule has 2 aromatic heterocycles. The van der Waals surface area contributed by atoms with Gasteiger partial charge in [-0.1, -0.05) is 156 Å². The highest BCUT2D eigenvalue weighted by atomic mass is 32.1. The van der Waals surface area contributed by atoms with Crippen molar-refractivity contribution >= 4 is 45.9 Å². The molecular weight excluding hydrogens is 667 g/mol. The quantitative estimate of drug-likeness (QED) is 0.0782. The van der Waals surface area contributed by atoms with Crippen molar-refractivity contribution in [3.05, 3.63) is 50.1 Å². The number of amides is 2. The largest absolute Gasteiger partial charge is 0.306 e. The van der Waals surface area contributed by atoms with Crippen LogP contribution in [0.25, 0.3) is 11.4 Å². The van der Waals surface area contributed by atoms with Crippen molar-refractivity contribution in [2.24, 2.45) is 11.8 Å². The molecule has 51 heavy (non-hydrogen) atoms. The average molecular weight is 736 g/mol. The van der Waals surface area contributed by atoms with Gasteiger partial charge in [0.2, 0.25) is 0 Å². The molecule has 0 bridgehead atoms. The fraction of sp³-hybridized carbons (Fsp3) is 0.705. The maximum atomic E-state index is 14.9. The van der Waals surface area contributed by atoms with E-state index in [4.69, 9.17) is 4.98 Å². The smallest absolute Gasteiger partial charge is 0.261 e. The molecule has 2 aliphatic heterocycles.